The van der Waals surface area contributed by atoms with Crippen LogP contribution in [0.1, 0.15) is 5.56 Å². The summed E-state index contributed by atoms with van der Waals surface area (Å²) in [5, 5.41) is 9.89. The summed E-state index contributed by atoms with van der Waals surface area (Å²) in [4.78, 5) is 12.6. The maximum Gasteiger partial charge on any atom is 0.223 e. The molecule has 0 aliphatic carbocycles. The highest BCUT2D eigenvalue weighted by Gasteiger charge is 2.19. The Balaban J connectivity index is 1.60. The van der Waals surface area contributed by atoms with Crippen molar-refractivity contribution in [1.82, 2.24) is 14.9 Å². The Bertz CT molecular complexity index is 638. The first-order valence-corrected chi connectivity index (χ1v) is 7.53. The van der Waals surface area contributed by atoms with Crippen molar-refractivity contribution in [2.24, 2.45) is 0 Å². The third-order valence-corrected chi connectivity index (χ3v) is 3.91. The molecule has 22 heavy (non-hydrogen) atoms. The van der Waals surface area contributed by atoms with E-state index in [1.165, 1.54) is 0 Å². The van der Waals surface area contributed by atoms with Gasteiger partial charge in [-0.15, -0.1) is 0 Å². The lowest BCUT2D eigenvalue weighted by Gasteiger charge is -2.35. The number of aromatic hydroxyl groups is 1. The minimum atomic E-state index is 0.199. The molecule has 2 heterocycles. The Kier molecular flexibility index (Phi) is 4.31. The van der Waals surface area contributed by atoms with Gasteiger partial charge in [-0.25, -0.2) is 4.98 Å². The summed E-state index contributed by atoms with van der Waals surface area (Å²) >= 11 is 5.93. The van der Waals surface area contributed by atoms with E-state index in [9.17, 15) is 5.11 Å². The van der Waals surface area contributed by atoms with Gasteiger partial charge in [0, 0.05) is 38.8 Å². The molecule has 0 radical (unpaired) electrons. The SMILES string of the molecule is Nc1nc(Cl)cc(N2CCN(Cc3cccc(O)c3)CC2)n1. The molecule has 7 heteroatoms. The molecule has 0 saturated carbocycles. The second-order valence-electron chi connectivity index (χ2n) is 5.34. The zero-order valence-corrected chi connectivity index (χ0v) is 12.9. The number of benzene rings is 1. The Morgan fingerprint density at radius 1 is 1.14 bits per heavy atom. The topological polar surface area (TPSA) is 78.5 Å². The number of piperazine rings is 1. The normalized spacial score (nSPS) is 16.0. The average molecular weight is 320 g/mol. The van der Waals surface area contributed by atoms with Gasteiger partial charge in [-0.1, -0.05) is 23.7 Å². The molecule has 0 unspecified atom stereocenters. The van der Waals surface area contributed by atoms with Gasteiger partial charge in [-0.2, -0.15) is 4.98 Å². The molecule has 1 fully saturated rings. The largest absolute Gasteiger partial charge is 0.508 e. The Morgan fingerprint density at radius 3 is 2.59 bits per heavy atom. The van der Waals surface area contributed by atoms with Gasteiger partial charge in [0.2, 0.25) is 5.95 Å². The van der Waals surface area contributed by atoms with Crippen LogP contribution in [0.3, 0.4) is 0 Å². The quantitative estimate of drug-likeness (QED) is 0.839. The van der Waals surface area contributed by atoms with Crippen molar-refractivity contribution in [1.29, 1.82) is 0 Å². The highest BCUT2D eigenvalue weighted by atomic mass is 35.5. The molecule has 116 valence electrons. The summed E-state index contributed by atoms with van der Waals surface area (Å²) in [7, 11) is 0. The summed E-state index contributed by atoms with van der Waals surface area (Å²) in [6.07, 6.45) is 0. The predicted molar refractivity (Wildman–Crippen MR) is 87.1 cm³/mol. The van der Waals surface area contributed by atoms with Crippen molar-refractivity contribution < 1.29 is 5.11 Å². The number of nitrogens with zero attached hydrogens (tertiary/aromatic N) is 4. The van der Waals surface area contributed by atoms with E-state index in [2.05, 4.69) is 19.8 Å². The standard InChI is InChI=1S/C15H18ClN5O/c16-13-9-14(19-15(17)18-13)21-6-4-20(5-7-21)10-11-2-1-3-12(22)8-11/h1-3,8-9,22H,4-7,10H2,(H2,17,18,19). The van der Waals surface area contributed by atoms with Gasteiger partial charge in [-0.3, -0.25) is 4.90 Å². The third-order valence-electron chi connectivity index (χ3n) is 3.71. The fourth-order valence-electron chi connectivity index (χ4n) is 2.63. The van der Waals surface area contributed by atoms with E-state index in [1.54, 1.807) is 18.2 Å². The Morgan fingerprint density at radius 2 is 1.91 bits per heavy atom. The van der Waals surface area contributed by atoms with Gasteiger partial charge in [0.15, 0.2) is 0 Å². The number of nitrogens with two attached hydrogens (primary N) is 1. The van der Waals surface area contributed by atoms with Crippen LogP contribution in [0.5, 0.6) is 5.75 Å². The lowest BCUT2D eigenvalue weighted by atomic mass is 10.2. The summed E-state index contributed by atoms with van der Waals surface area (Å²) in [5.41, 5.74) is 6.76. The number of anilines is 2. The van der Waals surface area contributed by atoms with Crippen LogP contribution in [-0.2, 0) is 6.54 Å². The molecule has 2 aromatic rings. The van der Waals surface area contributed by atoms with Crippen LogP contribution in [0.15, 0.2) is 30.3 Å². The maximum atomic E-state index is 9.52. The number of phenolic OH excluding ortho intramolecular Hbond substituents is 1. The third kappa shape index (κ3) is 3.58. The van der Waals surface area contributed by atoms with Gasteiger partial charge in [-0.05, 0) is 17.7 Å². The van der Waals surface area contributed by atoms with Crippen LogP contribution in [0.25, 0.3) is 0 Å². The first-order valence-electron chi connectivity index (χ1n) is 7.15. The zero-order valence-electron chi connectivity index (χ0n) is 12.1. The zero-order chi connectivity index (χ0) is 15.5. The molecule has 1 aliphatic rings. The summed E-state index contributed by atoms with van der Waals surface area (Å²) in [5.74, 6) is 1.28. The monoisotopic (exact) mass is 319 g/mol. The van der Waals surface area contributed by atoms with E-state index in [4.69, 9.17) is 17.3 Å². The van der Waals surface area contributed by atoms with Crippen molar-refractivity contribution >= 4 is 23.4 Å². The fraction of sp³-hybridized carbons (Fsp3) is 0.333. The highest BCUT2D eigenvalue weighted by Crippen LogP contribution is 2.20. The van der Waals surface area contributed by atoms with Crippen molar-refractivity contribution in [2.45, 2.75) is 6.54 Å². The number of hydrogen-bond acceptors (Lipinski definition) is 6. The van der Waals surface area contributed by atoms with E-state index < -0.39 is 0 Å². The molecule has 0 amide bonds. The van der Waals surface area contributed by atoms with Gasteiger partial charge in [0.1, 0.15) is 16.7 Å². The van der Waals surface area contributed by atoms with Crippen molar-refractivity contribution in [3.05, 3.63) is 41.0 Å². The molecule has 0 spiro atoms. The fourth-order valence-corrected chi connectivity index (χ4v) is 2.82. The van der Waals surface area contributed by atoms with Crippen LogP contribution >= 0.6 is 11.6 Å². The molecule has 6 nitrogen and oxygen atoms in total. The second-order valence-corrected chi connectivity index (χ2v) is 5.73. The van der Waals surface area contributed by atoms with Gasteiger partial charge in [0.05, 0.1) is 0 Å². The van der Waals surface area contributed by atoms with Crippen LogP contribution in [0, 0.1) is 0 Å². The average Bonchev–Trinajstić information content (AvgIpc) is 2.47. The van der Waals surface area contributed by atoms with Gasteiger partial charge < -0.3 is 15.7 Å². The van der Waals surface area contributed by atoms with Crippen molar-refractivity contribution in [3.8, 4) is 5.75 Å². The molecule has 1 aromatic heterocycles. The molecule has 1 aromatic carbocycles. The number of nitrogen functional groups attached to an aromatic ring is 1. The highest BCUT2D eigenvalue weighted by molar-refractivity contribution is 6.29. The van der Waals surface area contributed by atoms with E-state index in [0.717, 1.165) is 44.1 Å². The Hall–Kier alpha value is -2.05. The smallest absolute Gasteiger partial charge is 0.223 e. The van der Waals surface area contributed by atoms with Crippen LogP contribution in [-0.4, -0.2) is 46.2 Å². The number of halogens is 1. The van der Waals surface area contributed by atoms with Crippen LogP contribution in [0.2, 0.25) is 5.15 Å². The number of phenols is 1. The molecule has 0 atom stereocenters. The molecule has 1 saturated heterocycles. The summed E-state index contributed by atoms with van der Waals surface area (Å²) in [6.45, 7) is 4.36. The number of aromatic nitrogens is 2. The minimum Gasteiger partial charge on any atom is -0.508 e. The summed E-state index contributed by atoms with van der Waals surface area (Å²) < 4.78 is 0. The van der Waals surface area contributed by atoms with E-state index >= 15 is 0 Å². The molecular formula is C15H18ClN5O. The predicted octanol–water partition coefficient (Wildman–Crippen LogP) is 1.74. The lowest BCUT2D eigenvalue weighted by molar-refractivity contribution is 0.249. The molecule has 3 N–H and O–H groups in total. The van der Waals surface area contributed by atoms with Crippen LogP contribution < -0.4 is 10.6 Å². The maximum absolute atomic E-state index is 9.52. The second kappa shape index (κ2) is 6.37. The molecular weight excluding hydrogens is 302 g/mol. The Labute approximate surface area is 134 Å². The first-order chi connectivity index (χ1) is 10.6. The molecule has 3 rings (SSSR count). The lowest BCUT2D eigenvalue weighted by Crippen LogP contribution is -2.46. The molecule has 1 aliphatic heterocycles. The van der Waals surface area contributed by atoms with Gasteiger partial charge >= 0.3 is 0 Å². The van der Waals surface area contributed by atoms with E-state index in [1.807, 2.05) is 12.1 Å². The van der Waals surface area contributed by atoms with E-state index in [0.29, 0.717) is 10.9 Å². The molecule has 0 bridgehead atoms. The van der Waals surface area contributed by atoms with E-state index in [-0.39, 0.29) is 5.95 Å². The minimum absolute atomic E-state index is 0.199. The number of hydrogen-bond donors (Lipinski definition) is 2. The van der Waals surface area contributed by atoms with Crippen molar-refractivity contribution in [2.75, 3.05) is 36.8 Å². The van der Waals surface area contributed by atoms with Crippen LogP contribution in [0.4, 0.5) is 11.8 Å². The van der Waals surface area contributed by atoms with Gasteiger partial charge in [0.25, 0.3) is 0 Å². The van der Waals surface area contributed by atoms with Crippen molar-refractivity contribution in [3.63, 3.8) is 0 Å². The number of rotatable bonds is 3. The summed E-state index contributed by atoms with van der Waals surface area (Å²) in [6, 6.07) is 9.12. The first kappa shape index (κ1) is 14.9.